The number of anilines is 2. The van der Waals surface area contributed by atoms with Crippen molar-refractivity contribution < 1.29 is 5.11 Å². The molecular weight excluding hydrogens is 366 g/mol. The Morgan fingerprint density at radius 2 is 1.61 bits per heavy atom. The van der Waals surface area contributed by atoms with Gasteiger partial charge in [0.15, 0.2) is 5.82 Å². The zero-order valence-corrected chi connectivity index (χ0v) is 16.0. The van der Waals surface area contributed by atoms with Gasteiger partial charge < -0.3 is 10.4 Å². The highest BCUT2D eigenvalue weighted by atomic mass is 32.1. The fourth-order valence-electron chi connectivity index (χ4n) is 3.29. The molecule has 0 unspecified atom stereocenters. The molecule has 3 aromatic carbocycles. The SMILES string of the molecule is Cc1ccc(Nc2nc3cc4ccccc4cc3nc2-c2cccs2)c(O)c1. The molecule has 2 N–H and O–H groups in total. The summed E-state index contributed by atoms with van der Waals surface area (Å²) in [5, 5.41) is 17.9. The number of aryl methyl sites for hydroxylation is 1. The number of nitrogens with zero attached hydrogens (tertiary/aromatic N) is 2. The molecule has 0 aliphatic carbocycles. The monoisotopic (exact) mass is 383 g/mol. The maximum atomic E-state index is 10.3. The summed E-state index contributed by atoms with van der Waals surface area (Å²) in [5.74, 6) is 0.821. The topological polar surface area (TPSA) is 58.0 Å². The van der Waals surface area contributed by atoms with Crippen LogP contribution in [0.2, 0.25) is 0 Å². The van der Waals surface area contributed by atoms with Gasteiger partial charge in [-0.05, 0) is 59.0 Å². The van der Waals surface area contributed by atoms with Crippen molar-refractivity contribution in [1.82, 2.24) is 9.97 Å². The van der Waals surface area contributed by atoms with Crippen LogP contribution in [-0.4, -0.2) is 15.1 Å². The molecule has 0 atom stereocenters. The van der Waals surface area contributed by atoms with Gasteiger partial charge in [0.1, 0.15) is 11.4 Å². The number of thiophene rings is 1. The Balaban J connectivity index is 1.72. The van der Waals surface area contributed by atoms with Crippen molar-refractivity contribution >= 4 is 44.6 Å². The van der Waals surface area contributed by atoms with Crippen molar-refractivity contribution in [2.45, 2.75) is 6.92 Å². The van der Waals surface area contributed by atoms with Gasteiger partial charge >= 0.3 is 0 Å². The van der Waals surface area contributed by atoms with Crippen LogP contribution in [0.4, 0.5) is 11.5 Å². The van der Waals surface area contributed by atoms with Crippen LogP contribution in [0.5, 0.6) is 5.75 Å². The minimum absolute atomic E-state index is 0.192. The van der Waals surface area contributed by atoms with Crippen molar-refractivity contribution in [1.29, 1.82) is 0 Å². The van der Waals surface area contributed by atoms with E-state index in [2.05, 4.69) is 29.6 Å². The summed E-state index contributed by atoms with van der Waals surface area (Å²) >= 11 is 1.61. The maximum Gasteiger partial charge on any atom is 0.158 e. The van der Waals surface area contributed by atoms with Crippen LogP contribution in [0, 0.1) is 6.92 Å². The number of benzene rings is 3. The lowest BCUT2D eigenvalue weighted by Gasteiger charge is -2.13. The second-order valence-electron chi connectivity index (χ2n) is 6.73. The molecule has 0 aliphatic rings. The van der Waals surface area contributed by atoms with E-state index in [0.29, 0.717) is 11.5 Å². The first-order valence-corrected chi connectivity index (χ1v) is 9.86. The fourth-order valence-corrected chi connectivity index (χ4v) is 4.00. The Morgan fingerprint density at radius 1 is 0.857 bits per heavy atom. The molecular formula is C23H17N3OS. The summed E-state index contributed by atoms with van der Waals surface area (Å²) in [7, 11) is 0. The number of aromatic nitrogens is 2. The van der Waals surface area contributed by atoms with Gasteiger partial charge in [-0.25, -0.2) is 9.97 Å². The smallest absolute Gasteiger partial charge is 0.158 e. The highest BCUT2D eigenvalue weighted by Gasteiger charge is 2.14. The van der Waals surface area contributed by atoms with Gasteiger partial charge in [0.05, 0.1) is 21.6 Å². The van der Waals surface area contributed by atoms with Crippen LogP contribution in [-0.2, 0) is 0 Å². The zero-order chi connectivity index (χ0) is 19.1. The van der Waals surface area contributed by atoms with E-state index in [1.165, 1.54) is 0 Å². The van der Waals surface area contributed by atoms with Crippen molar-refractivity contribution in [2.24, 2.45) is 0 Å². The first-order chi connectivity index (χ1) is 13.7. The van der Waals surface area contributed by atoms with Crippen LogP contribution < -0.4 is 5.32 Å². The summed E-state index contributed by atoms with van der Waals surface area (Å²) in [6, 6.07) is 21.9. The lowest BCUT2D eigenvalue weighted by Crippen LogP contribution is -2.00. The number of phenols is 1. The van der Waals surface area contributed by atoms with E-state index >= 15 is 0 Å². The Bertz CT molecular complexity index is 1310. The molecule has 5 rings (SSSR count). The van der Waals surface area contributed by atoms with Gasteiger partial charge in [0.2, 0.25) is 0 Å². The average Bonchev–Trinajstić information content (AvgIpc) is 3.22. The number of fused-ring (bicyclic) bond motifs is 2. The zero-order valence-electron chi connectivity index (χ0n) is 15.2. The first-order valence-electron chi connectivity index (χ1n) is 8.98. The highest BCUT2D eigenvalue weighted by molar-refractivity contribution is 7.13. The van der Waals surface area contributed by atoms with Gasteiger partial charge in [0, 0.05) is 0 Å². The number of rotatable bonds is 3. The predicted octanol–water partition coefficient (Wildman–Crippen LogP) is 6.27. The van der Waals surface area contributed by atoms with Crippen molar-refractivity contribution in [3.63, 3.8) is 0 Å². The summed E-state index contributed by atoms with van der Waals surface area (Å²) in [6.45, 7) is 1.95. The first kappa shape index (κ1) is 16.7. The molecule has 28 heavy (non-hydrogen) atoms. The number of hydrogen-bond donors (Lipinski definition) is 2. The third-order valence-corrected chi connectivity index (χ3v) is 5.57. The van der Waals surface area contributed by atoms with E-state index in [9.17, 15) is 5.11 Å². The summed E-state index contributed by atoms with van der Waals surface area (Å²) in [4.78, 5) is 10.8. The summed E-state index contributed by atoms with van der Waals surface area (Å²) < 4.78 is 0. The van der Waals surface area contributed by atoms with Gasteiger partial charge in [-0.3, -0.25) is 0 Å². The molecule has 0 aliphatic heterocycles. The van der Waals surface area contributed by atoms with Crippen molar-refractivity contribution in [3.8, 4) is 16.3 Å². The van der Waals surface area contributed by atoms with Crippen LogP contribution in [0.15, 0.2) is 72.1 Å². The number of hydrogen-bond acceptors (Lipinski definition) is 5. The molecule has 5 heteroatoms. The normalized spacial score (nSPS) is 11.2. The van der Waals surface area contributed by atoms with Gasteiger partial charge in [-0.2, -0.15) is 0 Å². The minimum Gasteiger partial charge on any atom is -0.506 e. The van der Waals surface area contributed by atoms with Crippen molar-refractivity contribution in [2.75, 3.05) is 5.32 Å². The quantitative estimate of drug-likeness (QED) is 0.285. The van der Waals surface area contributed by atoms with Crippen LogP contribution in [0.3, 0.4) is 0 Å². The lowest BCUT2D eigenvalue weighted by atomic mass is 10.1. The molecule has 136 valence electrons. The summed E-state index contributed by atoms with van der Waals surface area (Å²) in [6.07, 6.45) is 0. The minimum atomic E-state index is 0.192. The number of nitrogens with one attached hydrogen (secondary N) is 1. The Kier molecular flexibility index (Phi) is 3.95. The Morgan fingerprint density at radius 3 is 2.29 bits per heavy atom. The van der Waals surface area contributed by atoms with E-state index in [0.717, 1.165) is 37.9 Å². The third-order valence-electron chi connectivity index (χ3n) is 4.69. The fraction of sp³-hybridized carbons (Fsp3) is 0.0435. The van der Waals surface area contributed by atoms with Crippen molar-refractivity contribution in [3.05, 3.63) is 77.7 Å². The van der Waals surface area contributed by atoms with E-state index < -0.39 is 0 Å². The molecule has 0 fully saturated rings. The van der Waals surface area contributed by atoms with Crippen LogP contribution >= 0.6 is 11.3 Å². The molecule has 0 spiro atoms. The summed E-state index contributed by atoms with van der Waals surface area (Å²) in [5.41, 5.74) is 4.04. The van der Waals surface area contributed by atoms with Gasteiger partial charge in [-0.15, -0.1) is 11.3 Å². The molecule has 0 bridgehead atoms. The van der Waals surface area contributed by atoms with Gasteiger partial charge in [0.25, 0.3) is 0 Å². The Hall–Kier alpha value is -3.44. The second kappa shape index (κ2) is 6.62. The molecule has 2 heterocycles. The molecule has 2 aromatic heterocycles. The third kappa shape index (κ3) is 2.96. The predicted molar refractivity (Wildman–Crippen MR) is 116 cm³/mol. The highest BCUT2D eigenvalue weighted by Crippen LogP contribution is 2.35. The number of phenolic OH excluding ortho intramolecular Hbond substituents is 1. The molecule has 0 saturated carbocycles. The van der Waals surface area contributed by atoms with E-state index in [1.54, 1.807) is 17.4 Å². The van der Waals surface area contributed by atoms with E-state index in [-0.39, 0.29) is 5.75 Å². The Labute approximate surface area is 166 Å². The van der Waals surface area contributed by atoms with Gasteiger partial charge in [-0.1, -0.05) is 36.4 Å². The number of aromatic hydroxyl groups is 1. The molecule has 4 nitrogen and oxygen atoms in total. The van der Waals surface area contributed by atoms with E-state index in [1.807, 2.05) is 48.7 Å². The molecule has 0 saturated heterocycles. The largest absolute Gasteiger partial charge is 0.506 e. The van der Waals surface area contributed by atoms with Crippen LogP contribution in [0.25, 0.3) is 32.4 Å². The average molecular weight is 383 g/mol. The lowest BCUT2D eigenvalue weighted by molar-refractivity contribution is 0.477. The van der Waals surface area contributed by atoms with E-state index in [4.69, 9.17) is 9.97 Å². The molecule has 0 radical (unpaired) electrons. The maximum absolute atomic E-state index is 10.3. The second-order valence-corrected chi connectivity index (χ2v) is 7.68. The van der Waals surface area contributed by atoms with Crippen LogP contribution in [0.1, 0.15) is 5.56 Å². The standard InChI is InChI=1S/C23H17N3OS/c1-14-8-9-17(20(27)11-14)25-23-22(21-7-4-10-28-21)24-18-12-15-5-2-3-6-16(15)13-19(18)26-23/h2-13,27H,1H3,(H,25,26). The molecule has 0 amide bonds. The molecule has 5 aromatic rings.